The van der Waals surface area contributed by atoms with Crippen LogP contribution in [0.4, 0.5) is 13.9 Å². The summed E-state index contributed by atoms with van der Waals surface area (Å²) in [7, 11) is 3.90. The van der Waals surface area contributed by atoms with Crippen LogP contribution in [0.5, 0.6) is 0 Å². The molecule has 2 heterocycles. The molecule has 150 valence electrons. The minimum absolute atomic E-state index is 0.0690. The normalized spacial score (nSPS) is 11.7. The van der Waals surface area contributed by atoms with E-state index in [1.807, 2.05) is 32.8 Å². The highest BCUT2D eigenvalue weighted by atomic mass is 32.1. The van der Waals surface area contributed by atoms with Crippen molar-refractivity contribution in [2.75, 3.05) is 32.1 Å². The Bertz CT molecular complexity index is 982. The predicted octanol–water partition coefficient (Wildman–Crippen LogP) is 3.95. The zero-order chi connectivity index (χ0) is 20.4. The molecular weight excluding hydrogens is 384 g/mol. The summed E-state index contributed by atoms with van der Waals surface area (Å²) in [4.78, 5) is 20.9. The van der Waals surface area contributed by atoms with E-state index in [1.165, 1.54) is 11.0 Å². The van der Waals surface area contributed by atoms with Crippen molar-refractivity contribution in [1.29, 1.82) is 0 Å². The van der Waals surface area contributed by atoms with Gasteiger partial charge in [-0.15, -0.1) is 0 Å². The molecule has 0 radical (unpaired) electrons. The van der Waals surface area contributed by atoms with E-state index in [0.29, 0.717) is 28.5 Å². The fourth-order valence-corrected chi connectivity index (χ4v) is 3.80. The van der Waals surface area contributed by atoms with Crippen LogP contribution < -0.4 is 4.90 Å². The summed E-state index contributed by atoms with van der Waals surface area (Å²) in [5.74, 6) is -1.71. The van der Waals surface area contributed by atoms with Gasteiger partial charge in [0.05, 0.1) is 4.70 Å². The van der Waals surface area contributed by atoms with E-state index >= 15 is 0 Å². The zero-order valence-corrected chi connectivity index (χ0v) is 17.1. The second-order valence-corrected chi connectivity index (χ2v) is 8.13. The summed E-state index contributed by atoms with van der Waals surface area (Å²) in [6, 6.07) is 3.82. The lowest BCUT2D eigenvalue weighted by molar-refractivity contribution is 0.0980. The lowest BCUT2D eigenvalue weighted by Crippen LogP contribution is -2.33. The van der Waals surface area contributed by atoms with Crippen LogP contribution in [0, 0.1) is 11.6 Å². The smallest absolute Gasteiger partial charge is 0.280 e. The van der Waals surface area contributed by atoms with E-state index in [4.69, 9.17) is 0 Å². The van der Waals surface area contributed by atoms with Crippen LogP contribution in [0.15, 0.2) is 24.4 Å². The highest BCUT2D eigenvalue weighted by Gasteiger charge is 2.24. The Labute approximate surface area is 166 Å². The number of hydrogen-bond acceptors (Lipinski definition) is 5. The average molecular weight is 407 g/mol. The van der Waals surface area contributed by atoms with Gasteiger partial charge in [-0.3, -0.25) is 14.4 Å². The van der Waals surface area contributed by atoms with Crippen LogP contribution in [0.3, 0.4) is 0 Å². The van der Waals surface area contributed by atoms with Crippen molar-refractivity contribution in [2.45, 2.75) is 26.3 Å². The Hall–Kier alpha value is -2.39. The van der Waals surface area contributed by atoms with E-state index in [0.717, 1.165) is 23.9 Å². The SMILES string of the molecule is CC(C)n1ccc(C(=O)N(CCCN(C)C)c2nc3c(F)cc(F)cc3s2)n1. The number of carbonyl (C=O) groups excluding carboxylic acids is 1. The molecule has 0 saturated heterocycles. The van der Waals surface area contributed by atoms with Gasteiger partial charge in [-0.1, -0.05) is 11.3 Å². The van der Waals surface area contributed by atoms with Gasteiger partial charge in [-0.25, -0.2) is 13.8 Å². The number of nitrogens with zero attached hydrogens (tertiary/aromatic N) is 5. The number of halogens is 2. The Balaban J connectivity index is 1.96. The maximum atomic E-state index is 14.1. The number of thiazole rings is 1. The molecule has 6 nitrogen and oxygen atoms in total. The molecule has 0 spiro atoms. The number of rotatable bonds is 7. The molecule has 1 amide bonds. The quantitative estimate of drug-likeness (QED) is 0.595. The van der Waals surface area contributed by atoms with Gasteiger partial charge in [-0.05, 0) is 53.0 Å². The van der Waals surface area contributed by atoms with Gasteiger partial charge in [0.15, 0.2) is 16.6 Å². The molecule has 0 atom stereocenters. The first kappa shape index (κ1) is 20.3. The minimum Gasteiger partial charge on any atom is -0.309 e. The molecule has 2 aromatic heterocycles. The fourth-order valence-electron chi connectivity index (χ4n) is 2.77. The van der Waals surface area contributed by atoms with Gasteiger partial charge >= 0.3 is 0 Å². The number of carbonyl (C=O) groups is 1. The second-order valence-electron chi connectivity index (χ2n) is 7.12. The van der Waals surface area contributed by atoms with Gasteiger partial charge in [0, 0.05) is 24.8 Å². The second kappa shape index (κ2) is 8.32. The maximum Gasteiger partial charge on any atom is 0.280 e. The largest absolute Gasteiger partial charge is 0.309 e. The van der Waals surface area contributed by atoms with Crippen LogP contribution in [0.1, 0.15) is 36.8 Å². The monoisotopic (exact) mass is 407 g/mol. The summed E-state index contributed by atoms with van der Waals surface area (Å²) in [5, 5.41) is 4.68. The Morgan fingerprint density at radius 1 is 1.25 bits per heavy atom. The minimum atomic E-state index is -0.734. The molecule has 3 aromatic rings. The summed E-state index contributed by atoms with van der Waals surface area (Å²) < 4.78 is 29.7. The molecule has 0 aliphatic heterocycles. The first-order valence-corrected chi connectivity index (χ1v) is 9.85. The summed E-state index contributed by atoms with van der Waals surface area (Å²) in [6.07, 6.45) is 2.46. The molecule has 1 aromatic carbocycles. The molecule has 0 N–H and O–H groups in total. The standard InChI is InChI=1S/C19H23F2N5OS/c1-12(2)26-9-6-15(23-26)18(27)25(8-5-7-24(3)4)19-22-17-14(21)10-13(20)11-16(17)28-19/h6,9-12H,5,7-8H2,1-4H3. The van der Waals surface area contributed by atoms with E-state index in [1.54, 1.807) is 16.9 Å². The third-order valence-corrected chi connectivity index (χ3v) is 5.25. The van der Waals surface area contributed by atoms with Crippen molar-refractivity contribution in [3.8, 4) is 0 Å². The predicted molar refractivity (Wildman–Crippen MR) is 107 cm³/mol. The first-order valence-electron chi connectivity index (χ1n) is 9.03. The number of fused-ring (bicyclic) bond motifs is 1. The van der Waals surface area contributed by atoms with Gasteiger partial charge in [0.1, 0.15) is 11.3 Å². The molecule has 0 bridgehead atoms. The van der Waals surface area contributed by atoms with Crippen LogP contribution in [-0.4, -0.2) is 52.8 Å². The molecule has 0 aliphatic carbocycles. The first-order chi connectivity index (χ1) is 13.3. The number of hydrogen-bond donors (Lipinski definition) is 0. The number of anilines is 1. The zero-order valence-electron chi connectivity index (χ0n) is 16.3. The van der Waals surface area contributed by atoms with Crippen LogP contribution in [0.2, 0.25) is 0 Å². The van der Waals surface area contributed by atoms with Gasteiger partial charge in [0.25, 0.3) is 5.91 Å². The molecule has 0 saturated carbocycles. The average Bonchev–Trinajstić information content (AvgIpc) is 3.25. The highest BCUT2D eigenvalue weighted by Crippen LogP contribution is 2.32. The van der Waals surface area contributed by atoms with Crippen LogP contribution in [0.25, 0.3) is 10.2 Å². The molecule has 0 fully saturated rings. The molecule has 0 aliphatic rings. The molecular formula is C19H23F2N5OS. The number of benzene rings is 1. The fraction of sp³-hybridized carbons (Fsp3) is 0.421. The topological polar surface area (TPSA) is 54.3 Å². The molecule has 0 unspecified atom stereocenters. The van der Waals surface area contributed by atoms with E-state index < -0.39 is 11.6 Å². The van der Waals surface area contributed by atoms with Gasteiger partial charge in [0.2, 0.25) is 0 Å². The van der Waals surface area contributed by atoms with Crippen molar-refractivity contribution in [2.24, 2.45) is 0 Å². The lowest BCUT2D eigenvalue weighted by Gasteiger charge is -2.20. The third-order valence-electron chi connectivity index (χ3n) is 4.22. The van der Waals surface area contributed by atoms with Gasteiger partial charge in [-0.2, -0.15) is 5.10 Å². The van der Waals surface area contributed by atoms with Crippen molar-refractivity contribution < 1.29 is 13.6 Å². The van der Waals surface area contributed by atoms with Crippen LogP contribution >= 0.6 is 11.3 Å². The summed E-state index contributed by atoms with van der Waals surface area (Å²) >= 11 is 1.09. The molecule has 28 heavy (non-hydrogen) atoms. The number of amides is 1. The van der Waals surface area contributed by atoms with E-state index in [9.17, 15) is 13.6 Å². The molecule has 9 heteroatoms. The van der Waals surface area contributed by atoms with Crippen molar-refractivity contribution >= 4 is 32.6 Å². The van der Waals surface area contributed by atoms with Crippen molar-refractivity contribution in [3.63, 3.8) is 0 Å². The maximum absolute atomic E-state index is 14.1. The van der Waals surface area contributed by atoms with Crippen LogP contribution in [-0.2, 0) is 0 Å². The van der Waals surface area contributed by atoms with E-state index in [2.05, 4.69) is 10.1 Å². The summed E-state index contributed by atoms with van der Waals surface area (Å²) in [6.45, 7) is 5.12. The Kier molecular flexibility index (Phi) is 6.04. The Morgan fingerprint density at radius 2 is 2.00 bits per heavy atom. The van der Waals surface area contributed by atoms with Gasteiger partial charge < -0.3 is 4.90 Å². The third kappa shape index (κ3) is 4.36. The molecule has 3 rings (SSSR count). The highest BCUT2D eigenvalue weighted by molar-refractivity contribution is 7.22. The van der Waals surface area contributed by atoms with Crippen molar-refractivity contribution in [1.82, 2.24) is 19.7 Å². The van der Waals surface area contributed by atoms with Crippen molar-refractivity contribution in [3.05, 3.63) is 41.7 Å². The lowest BCUT2D eigenvalue weighted by atomic mass is 10.3. The summed E-state index contributed by atoms with van der Waals surface area (Å²) in [5.41, 5.74) is 0.365. The Morgan fingerprint density at radius 3 is 2.64 bits per heavy atom. The number of aromatic nitrogens is 3. The van der Waals surface area contributed by atoms with E-state index in [-0.39, 0.29) is 17.5 Å².